The molecule has 1 aliphatic heterocycles. The Balaban J connectivity index is 2.04. The molecule has 2 heterocycles. The Morgan fingerprint density at radius 2 is 2.28 bits per heavy atom. The van der Waals surface area contributed by atoms with Gasteiger partial charge in [-0.25, -0.2) is 4.79 Å². The molecule has 0 aliphatic carbocycles. The average molecular weight is 249 g/mol. The molecule has 5 nitrogen and oxygen atoms in total. The maximum atomic E-state index is 11.9. The van der Waals surface area contributed by atoms with Crippen LogP contribution in [0.25, 0.3) is 6.08 Å². The van der Waals surface area contributed by atoms with Crippen molar-refractivity contribution in [2.45, 2.75) is 25.3 Å². The third-order valence-electron chi connectivity index (χ3n) is 3.00. The van der Waals surface area contributed by atoms with Gasteiger partial charge < -0.3 is 14.4 Å². The molecule has 1 amide bonds. The third-order valence-corrected chi connectivity index (χ3v) is 3.00. The Kier molecular flexibility index (Phi) is 3.82. The van der Waals surface area contributed by atoms with E-state index in [1.54, 1.807) is 18.2 Å². The molecule has 1 fully saturated rings. The number of likely N-dealkylation sites (tertiary alicyclic amines) is 1. The highest BCUT2D eigenvalue weighted by Gasteiger charge is 2.30. The topological polar surface area (TPSA) is 70.8 Å². The first-order chi connectivity index (χ1) is 8.68. The smallest absolute Gasteiger partial charge is 0.326 e. The zero-order chi connectivity index (χ0) is 13.0. The quantitative estimate of drug-likeness (QED) is 0.828. The molecule has 0 radical (unpaired) electrons. The number of carbonyl (C=O) groups is 2. The van der Waals surface area contributed by atoms with E-state index in [4.69, 9.17) is 9.52 Å². The van der Waals surface area contributed by atoms with E-state index in [1.807, 2.05) is 0 Å². The van der Waals surface area contributed by atoms with Gasteiger partial charge in [-0.1, -0.05) is 0 Å². The van der Waals surface area contributed by atoms with Crippen LogP contribution in [0.5, 0.6) is 0 Å². The van der Waals surface area contributed by atoms with Gasteiger partial charge >= 0.3 is 5.97 Å². The maximum Gasteiger partial charge on any atom is 0.326 e. The van der Waals surface area contributed by atoms with E-state index in [9.17, 15) is 9.59 Å². The lowest BCUT2D eigenvalue weighted by Crippen LogP contribution is -2.47. The SMILES string of the molecule is O=C(O)[C@H]1CCCCN1C(=O)C=Cc1ccco1. The predicted octanol–water partition coefficient (Wildman–Crippen LogP) is 1.76. The molecule has 1 N–H and O–H groups in total. The first-order valence-corrected chi connectivity index (χ1v) is 5.93. The van der Waals surface area contributed by atoms with Crippen LogP contribution in [0.3, 0.4) is 0 Å². The molecule has 1 aromatic heterocycles. The molecule has 0 bridgehead atoms. The lowest BCUT2D eigenvalue weighted by molar-refractivity contribution is -0.150. The molecule has 1 aliphatic rings. The highest BCUT2D eigenvalue weighted by Crippen LogP contribution is 2.18. The number of aliphatic carboxylic acids is 1. The van der Waals surface area contributed by atoms with Crippen LogP contribution < -0.4 is 0 Å². The van der Waals surface area contributed by atoms with Crippen molar-refractivity contribution >= 4 is 18.0 Å². The number of carboxylic acid groups (broad SMARTS) is 1. The normalized spacial score (nSPS) is 20.2. The van der Waals surface area contributed by atoms with E-state index in [1.165, 1.54) is 17.2 Å². The molecular weight excluding hydrogens is 234 g/mol. The molecule has 5 heteroatoms. The first-order valence-electron chi connectivity index (χ1n) is 5.93. The standard InChI is InChI=1S/C13H15NO4/c15-12(7-6-10-4-3-9-18-10)14-8-2-1-5-11(14)13(16)17/h3-4,6-7,9,11H,1-2,5,8H2,(H,16,17)/t11-/m1/s1. The van der Waals surface area contributed by atoms with E-state index < -0.39 is 12.0 Å². The second-order valence-electron chi connectivity index (χ2n) is 4.23. The highest BCUT2D eigenvalue weighted by molar-refractivity contribution is 5.94. The lowest BCUT2D eigenvalue weighted by atomic mass is 10.0. The molecule has 96 valence electrons. The summed E-state index contributed by atoms with van der Waals surface area (Å²) in [5.41, 5.74) is 0. The van der Waals surface area contributed by atoms with Gasteiger partial charge in [0, 0.05) is 12.6 Å². The number of piperidine rings is 1. The molecular formula is C13H15NO4. The van der Waals surface area contributed by atoms with Crippen LogP contribution in [0, 0.1) is 0 Å². The Bertz CT molecular complexity index is 450. The van der Waals surface area contributed by atoms with Crippen LogP contribution in [0.1, 0.15) is 25.0 Å². The molecule has 0 saturated carbocycles. The summed E-state index contributed by atoms with van der Waals surface area (Å²) in [4.78, 5) is 24.4. The number of hydrogen-bond acceptors (Lipinski definition) is 3. The number of carboxylic acids is 1. The van der Waals surface area contributed by atoms with E-state index in [0.717, 1.165) is 12.8 Å². The minimum absolute atomic E-state index is 0.279. The van der Waals surface area contributed by atoms with E-state index >= 15 is 0 Å². The van der Waals surface area contributed by atoms with Crippen molar-refractivity contribution in [3.63, 3.8) is 0 Å². The van der Waals surface area contributed by atoms with Crippen LogP contribution in [-0.4, -0.2) is 34.5 Å². The molecule has 0 aromatic carbocycles. The minimum Gasteiger partial charge on any atom is -0.480 e. The van der Waals surface area contributed by atoms with E-state index in [-0.39, 0.29) is 5.91 Å². The first kappa shape index (κ1) is 12.4. The number of furan rings is 1. The fourth-order valence-corrected chi connectivity index (χ4v) is 2.09. The van der Waals surface area contributed by atoms with E-state index in [0.29, 0.717) is 18.7 Å². The van der Waals surface area contributed by atoms with Gasteiger partial charge in [-0.3, -0.25) is 4.79 Å². The Morgan fingerprint density at radius 1 is 1.44 bits per heavy atom. The van der Waals surface area contributed by atoms with Crippen LogP contribution in [0.2, 0.25) is 0 Å². The van der Waals surface area contributed by atoms with Crippen molar-refractivity contribution in [2.24, 2.45) is 0 Å². The van der Waals surface area contributed by atoms with Gasteiger partial charge in [0.1, 0.15) is 11.8 Å². The van der Waals surface area contributed by atoms with Crippen molar-refractivity contribution in [3.8, 4) is 0 Å². The molecule has 18 heavy (non-hydrogen) atoms. The third kappa shape index (κ3) is 2.80. The van der Waals surface area contributed by atoms with Crippen LogP contribution in [0.15, 0.2) is 28.9 Å². The number of amides is 1. The van der Waals surface area contributed by atoms with Gasteiger partial charge in [-0.2, -0.15) is 0 Å². The summed E-state index contributed by atoms with van der Waals surface area (Å²) in [6.45, 7) is 0.498. The van der Waals surface area contributed by atoms with E-state index in [2.05, 4.69) is 0 Å². The minimum atomic E-state index is -0.936. The Hall–Kier alpha value is -2.04. The Morgan fingerprint density at radius 3 is 2.94 bits per heavy atom. The summed E-state index contributed by atoms with van der Waals surface area (Å²) >= 11 is 0. The number of rotatable bonds is 3. The summed E-state index contributed by atoms with van der Waals surface area (Å²) in [6, 6.07) is 2.76. The second-order valence-corrected chi connectivity index (χ2v) is 4.23. The largest absolute Gasteiger partial charge is 0.480 e. The second kappa shape index (κ2) is 5.53. The summed E-state index contributed by atoms with van der Waals surface area (Å²) in [7, 11) is 0. The van der Waals surface area contributed by atoms with Crippen molar-refractivity contribution in [2.75, 3.05) is 6.54 Å². The molecule has 0 spiro atoms. The Labute approximate surface area is 105 Å². The summed E-state index contributed by atoms with van der Waals surface area (Å²) < 4.78 is 5.07. The van der Waals surface area contributed by atoms with Gasteiger partial charge in [-0.05, 0) is 37.5 Å². The van der Waals surface area contributed by atoms with Crippen LogP contribution >= 0.6 is 0 Å². The summed E-state index contributed by atoms with van der Waals surface area (Å²) in [5.74, 6) is -0.639. The monoisotopic (exact) mass is 249 g/mol. The molecule has 2 rings (SSSR count). The maximum absolute atomic E-state index is 11.9. The van der Waals surface area contributed by atoms with Crippen LogP contribution in [-0.2, 0) is 9.59 Å². The lowest BCUT2D eigenvalue weighted by Gasteiger charge is -2.32. The molecule has 1 aromatic rings. The average Bonchev–Trinajstić information content (AvgIpc) is 2.89. The van der Waals surface area contributed by atoms with Gasteiger partial charge in [0.2, 0.25) is 5.91 Å². The molecule has 1 saturated heterocycles. The zero-order valence-corrected chi connectivity index (χ0v) is 9.91. The number of carbonyl (C=O) groups excluding carboxylic acids is 1. The fourth-order valence-electron chi connectivity index (χ4n) is 2.09. The van der Waals surface area contributed by atoms with Crippen LogP contribution in [0.4, 0.5) is 0 Å². The zero-order valence-electron chi connectivity index (χ0n) is 9.91. The summed E-state index contributed by atoms with van der Waals surface area (Å²) in [6.07, 6.45) is 6.66. The molecule has 0 unspecified atom stereocenters. The van der Waals surface area contributed by atoms with Gasteiger partial charge in [0.15, 0.2) is 0 Å². The molecule has 1 atom stereocenters. The predicted molar refractivity (Wildman–Crippen MR) is 64.7 cm³/mol. The van der Waals surface area contributed by atoms with Crippen molar-refractivity contribution in [1.82, 2.24) is 4.90 Å². The van der Waals surface area contributed by atoms with Gasteiger partial charge in [-0.15, -0.1) is 0 Å². The van der Waals surface area contributed by atoms with Crippen molar-refractivity contribution in [3.05, 3.63) is 30.2 Å². The summed E-state index contributed by atoms with van der Waals surface area (Å²) in [5, 5.41) is 9.07. The van der Waals surface area contributed by atoms with Crippen molar-refractivity contribution in [1.29, 1.82) is 0 Å². The number of hydrogen-bond donors (Lipinski definition) is 1. The fraction of sp³-hybridized carbons (Fsp3) is 0.385. The van der Waals surface area contributed by atoms with Gasteiger partial charge in [0.25, 0.3) is 0 Å². The highest BCUT2D eigenvalue weighted by atomic mass is 16.4. The van der Waals surface area contributed by atoms with Crippen molar-refractivity contribution < 1.29 is 19.1 Å². The van der Waals surface area contributed by atoms with Gasteiger partial charge in [0.05, 0.1) is 6.26 Å². The number of nitrogens with zero attached hydrogens (tertiary/aromatic N) is 1.